The summed E-state index contributed by atoms with van der Waals surface area (Å²) >= 11 is 0. The Hall–Kier alpha value is -1.72. The molecule has 1 aliphatic rings. The van der Waals surface area contributed by atoms with E-state index in [1.54, 1.807) is 6.92 Å². The number of ether oxygens (including phenoxy) is 1. The van der Waals surface area contributed by atoms with Gasteiger partial charge in [-0.25, -0.2) is 4.98 Å². The summed E-state index contributed by atoms with van der Waals surface area (Å²) in [7, 11) is 2.10. The normalized spacial score (nSPS) is 20.0. The Morgan fingerprint density at radius 3 is 3.05 bits per heavy atom. The molecule has 0 radical (unpaired) electrons. The smallest absolute Gasteiger partial charge is 0.180 e. The lowest BCUT2D eigenvalue weighted by molar-refractivity contribution is -0.0191. The van der Waals surface area contributed by atoms with Gasteiger partial charge in [0.2, 0.25) is 0 Å². The minimum Gasteiger partial charge on any atom is -0.375 e. The van der Waals surface area contributed by atoms with Crippen LogP contribution in [0.2, 0.25) is 0 Å². The highest BCUT2D eigenvalue weighted by molar-refractivity contribution is 5.94. The van der Waals surface area contributed by atoms with Crippen LogP contribution in [-0.2, 0) is 11.2 Å². The molecule has 21 heavy (non-hydrogen) atoms. The molecule has 0 N–H and O–H groups in total. The fourth-order valence-electron chi connectivity index (χ4n) is 2.88. The first-order valence-corrected chi connectivity index (χ1v) is 7.33. The lowest BCUT2D eigenvalue weighted by Crippen LogP contribution is -2.41. The molecular weight excluding hydrogens is 266 g/mol. The summed E-state index contributed by atoms with van der Waals surface area (Å²) in [5, 5.41) is 0. The van der Waals surface area contributed by atoms with Gasteiger partial charge >= 0.3 is 0 Å². The van der Waals surface area contributed by atoms with E-state index in [-0.39, 0.29) is 11.9 Å². The van der Waals surface area contributed by atoms with E-state index in [9.17, 15) is 4.79 Å². The molecule has 2 aromatic rings. The number of hydrogen-bond acceptors (Lipinski definition) is 4. The fraction of sp³-hybridized carbons (Fsp3) is 0.500. The number of Topliss-reactive ketones (excluding diaryl/α,β-unsaturated/α-hetero) is 1. The van der Waals surface area contributed by atoms with Crippen LogP contribution < -0.4 is 0 Å². The van der Waals surface area contributed by atoms with Crippen molar-refractivity contribution in [1.82, 2.24) is 14.3 Å². The number of hydrogen-bond donors (Lipinski definition) is 0. The molecule has 3 rings (SSSR count). The number of nitrogens with zero attached hydrogens (tertiary/aromatic N) is 3. The maximum Gasteiger partial charge on any atom is 0.180 e. The van der Waals surface area contributed by atoms with Crippen LogP contribution in [0.3, 0.4) is 0 Å². The molecule has 0 spiro atoms. The van der Waals surface area contributed by atoms with Gasteiger partial charge in [-0.15, -0.1) is 0 Å². The van der Waals surface area contributed by atoms with Gasteiger partial charge in [-0.3, -0.25) is 4.79 Å². The highest BCUT2D eigenvalue weighted by atomic mass is 16.5. The predicted octanol–water partition coefficient (Wildman–Crippen LogP) is 1.72. The van der Waals surface area contributed by atoms with Gasteiger partial charge in [-0.1, -0.05) is 0 Å². The first-order chi connectivity index (χ1) is 10.0. The zero-order chi connectivity index (χ0) is 15.0. The number of rotatable bonds is 3. The van der Waals surface area contributed by atoms with Gasteiger partial charge in [-0.05, 0) is 31.7 Å². The summed E-state index contributed by atoms with van der Waals surface area (Å²) in [4.78, 5) is 18.7. The molecule has 112 valence electrons. The number of fused-ring (bicyclic) bond motifs is 1. The van der Waals surface area contributed by atoms with Gasteiger partial charge in [0.25, 0.3) is 0 Å². The second-order valence-electron chi connectivity index (χ2n) is 5.85. The Kier molecular flexibility index (Phi) is 3.78. The molecule has 1 atom stereocenters. The van der Waals surface area contributed by atoms with E-state index in [0.717, 1.165) is 36.6 Å². The van der Waals surface area contributed by atoms with E-state index in [1.807, 2.05) is 29.7 Å². The van der Waals surface area contributed by atoms with E-state index in [1.165, 1.54) is 0 Å². The molecule has 1 aliphatic heterocycles. The van der Waals surface area contributed by atoms with Crippen molar-refractivity contribution < 1.29 is 9.53 Å². The van der Waals surface area contributed by atoms with Crippen molar-refractivity contribution in [1.29, 1.82) is 0 Å². The van der Waals surface area contributed by atoms with Gasteiger partial charge in [0.05, 0.1) is 18.4 Å². The standard InChI is InChI=1S/C16H21N3O2/c1-11-4-5-19-14(9-13-10-18(3)6-7-21-13)16(12(2)20)17-15(19)8-11/h4-5,8,13H,6-7,9-10H2,1-3H3. The average Bonchev–Trinajstić information content (AvgIpc) is 2.77. The zero-order valence-corrected chi connectivity index (χ0v) is 12.8. The van der Waals surface area contributed by atoms with E-state index in [4.69, 9.17) is 4.74 Å². The molecule has 1 unspecified atom stereocenters. The largest absolute Gasteiger partial charge is 0.375 e. The van der Waals surface area contributed by atoms with Gasteiger partial charge < -0.3 is 14.0 Å². The highest BCUT2D eigenvalue weighted by Gasteiger charge is 2.23. The summed E-state index contributed by atoms with van der Waals surface area (Å²) in [6, 6.07) is 4.04. The molecule has 0 amide bonds. The maximum absolute atomic E-state index is 11.9. The number of carbonyl (C=O) groups is 1. The summed E-state index contributed by atoms with van der Waals surface area (Å²) in [6.45, 7) is 6.19. The first-order valence-electron chi connectivity index (χ1n) is 7.33. The summed E-state index contributed by atoms with van der Waals surface area (Å²) in [6.07, 6.45) is 2.82. The van der Waals surface area contributed by atoms with Crippen LogP contribution in [0.5, 0.6) is 0 Å². The summed E-state index contributed by atoms with van der Waals surface area (Å²) in [5.41, 5.74) is 3.50. The number of likely N-dealkylation sites (N-methyl/N-ethyl adjacent to an activating group) is 1. The molecule has 1 fully saturated rings. The van der Waals surface area contributed by atoms with Crippen LogP contribution in [0.4, 0.5) is 0 Å². The molecule has 5 heteroatoms. The Labute approximate surface area is 124 Å². The first kappa shape index (κ1) is 14.2. The lowest BCUT2D eigenvalue weighted by atomic mass is 10.1. The average molecular weight is 287 g/mol. The maximum atomic E-state index is 11.9. The minimum absolute atomic E-state index is 0.00974. The molecular formula is C16H21N3O2. The third-order valence-electron chi connectivity index (χ3n) is 3.98. The van der Waals surface area contributed by atoms with Crippen LogP contribution in [-0.4, -0.2) is 52.9 Å². The van der Waals surface area contributed by atoms with E-state index >= 15 is 0 Å². The fourth-order valence-corrected chi connectivity index (χ4v) is 2.88. The van der Waals surface area contributed by atoms with Crippen molar-refractivity contribution >= 4 is 11.4 Å². The van der Waals surface area contributed by atoms with Crippen LogP contribution >= 0.6 is 0 Å². The Morgan fingerprint density at radius 1 is 1.52 bits per heavy atom. The second kappa shape index (κ2) is 5.58. The van der Waals surface area contributed by atoms with Gasteiger partial charge in [-0.2, -0.15) is 0 Å². The van der Waals surface area contributed by atoms with Crippen LogP contribution in [0.25, 0.3) is 5.65 Å². The van der Waals surface area contributed by atoms with Crippen molar-refractivity contribution in [2.24, 2.45) is 0 Å². The van der Waals surface area contributed by atoms with Gasteiger partial charge in [0, 0.05) is 32.6 Å². The number of aryl methyl sites for hydroxylation is 1. The number of aromatic nitrogens is 2. The van der Waals surface area contributed by atoms with Crippen LogP contribution in [0.1, 0.15) is 28.7 Å². The molecule has 3 heterocycles. The third kappa shape index (κ3) is 2.84. The van der Waals surface area contributed by atoms with Crippen LogP contribution in [0.15, 0.2) is 18.3 Å². The lowest BCUT2D eigenvalue weighted by Gasteiger charge is -2.30. The quantitative estimate of drug-likeness (QED) is 0.806. The van der Waals surface area contributed by atoms with Crippen molar-refractivity contribution in [3.8, 4) is 0 Å². The molecule has 5 nitrogen and oxygen atoms in total. The number of pyridine rings is 1. The molecule has 0 aliphatic carbocycles. The minimum atomic E-state index is 0.00974. The van der Waals surface area contributed by atoms with Crippen molar-refractivity contribution in [3.63, 3.8) is 0 Å². The van der Waals surface area contributed by atoms with Crippen molar-refractivity contribution in [2.45, 2.75) is 26.4 Å². The molecule has 0 aromatic carbocycles. The molecule has 2 aromatic heterocycles. The molecule has 0 saturated carbocycles. The Bertz CT molecular complexity index is 677. The van der Waals surface area contributed by atoms with Gasteiger partial charge in [0.1, 0.15) is 11.3 Å². The Balaban J connectivity index is 1.99. The number of carbonyl (C=O) groups excluding carboxylic acids is 1. The second-order valence-corrected chi connectivity index (χ2v) is 5.85. The summed E-state index contributed by atoms with van der Waals surface area (Å²) < 4.78 is 7.85. The van der Waals surface area contributed by atoms with Gasteiger partial charge in [0.15, 0.2) is 5.78 Å². The number of ketones is 1. The Morgan fingerprint density at radius 2 is 2.33 bits per heavy atom. The van der Waals surface area contributed by atoms with E-state index in [0.29, 0.717) is 12.1 Å². The third-order valence-corrected chi connectivity index (χ3v) is 3.98. The van der Waals surface area contributed by atoms with Crippen molar-refractivity contribution in [2.75, 3.05) is 26.7 Å². The SMILES string of the molecule is CC(=O)c1nc2cc(C)ccn2c1CC1CN(C)CCO1. The monoisotopic (exact) mass is 287 g/mol. The number of morpholine rings is 1. The summed E-state index contributed by atoms with van der Waals surface area (Å²) in [5.74, 6) is 0.00974. The zero-order valence-electron chi connectivity index (χ0n) is 12.8. The van der Waals surface area contributed by atoms with Crippen molar-refractivity contribution in [3.05, 3.63) is 35.3 Å². The van der Waals surface area contributed by atoms with Crippen LogP contribution in [0, 0.1) is 6.92 Å². The molecule has 0 bridgehead atoms. The van der Waals surface area contributed by atoms with E-state index < -0.39 is 0 Å². The highest BCUT2D eigenvalue weighted by Crippen LogP contribution is 2.19. The topological polar surface area (TPSA) is 46.8 Å². The van der Waals surface area contributed by atoms with E-state index in [2.05, 4.69) is 16.9 Å². The number of imidazole rings is 1. The molecule has 1 saturated heterocycles. The predicted molar refractivity (Wildman–Crippen MR) is 80.9 cm³/mol.